The molecule has 0 aliphatic carbocycles. The number of H-pyrrole nitrogens is 1. The number of aromatic nitrogens is 2. The molecule has 1 unspecified atom stereocenters. The van der Waals surface area contributed by atoms with E-state index >= 15 is 0 Å². The number of nitrogens with one attached hydrogen (secondary N) is 1. The maximum atomic E-state index is 13.1. The van der Waals surface area contributed by atoms with E-state index < -0.39 is 0 Å². The van der Waals surface area contributed by atoms with Gasteiger partial charge in [0.05, 0.1) is 16.9 Å². The first-order chi connectivity index (χ1) is 12.6. The van der Waals surface area contributed by atoms with Gasteiger partial charge in [0.2, 0.25) is 0 Å². The molecule has 2 heterocycles. The van der Waals surface area contributed by atoms with Crippen LogP contribution in [-0.2, 0) is 7.05 Å². The molecule has 1 amide bonds. The summed E-state index contributed by atoms with van der Waals surface area (Å²) in [6.07, 6.45) is 1.95. The van der Waals surface area contributed by atoms with Gasteiger partial charge in [0.15, 0.2) is 4.77 Å². The number of nitrogens with zero attached hydrogens (tertiary/aromatic N) is 2. The van der Waals surface area contributed by atoms with Crippen molar-refractivity contribution in [1.82, 2.24) is 14.5 Å². The second-order valence-electron chi connectivity index (χ2n) is 6.62. The Labute approximate surface area is 155 Å². The van der Waals surface area contributed by atoms with Gasteiger partial charge < -0.3 is 9.88 Å². The van der Waals surface area contributed by atoms with Gasteiger partial charge in [-0.3, -0.25) is 14.2 Å². The molecule has 1 aliphatic rings. The molecule has 3 aromatic rings. The molecule has 0 radical (unpaired) electrons. The van der Waals surface area contributed by atoms with Crippen molar-refractivity contribution in [2.24, 2.45) is 7.05 Å². The summed E-state index contributed by atoms with van der Waals surface area (Å²) in [5.41, 5.74) is 2.16. The van der Waals surface area contributed by atoms with E-state index in [0.717, 1.165) is 24.9 Å². The molecule has 26 heavy (non-hydrogen) atoms. The summed E-state index contributed by atoms with van der Waals surface area (Å²) in [6, 6.07) is 15.4. The number of hydrogen-bond acceptors (Lipinski definition) is 3. The maximum absolute atomic E-state index is 13.1. The van der Waals surface area contributed by atoms with Crippen LogP contribution >= 0.6 is 12.2 Å². The Balaban J connectivity index is 1.73. The Bertz CT molecular complexity index is 1100. The molecule has 0 saturated carbocycles. The van der Waals surface area contributed by atoms with E-state index in [1.807, 2.05) is 23.1 Å². The van der Waals surface area contributed by atoms with Crippen LogP contribution in [-0.4, -0.2) is 26.9 Å². The van der Waals surface area contributed by atoms with E-state index in [9.17, 15) is 9.59 Å². The van der Waals surface area contributed by atoms with Crippen LogP contribution in [0.2, 0.25) is 0 Å². The Hall–Kier alpha value is -2.73. The minimum atomic E-state index is -0.161. The van der Waals surface area contributed by atoms with Gasteiger partial charge in [-0.1, -0.05) is 30.3 Å². The minimum absolute atomic E-state index is 0.0155. The second-order valence-corrected chi connectivity index (χ2v) is 7.01. The van der Waals surface area contributed by atoms with E-state index in [4.69, 9.17) is 12.2 Å². The predicted octanol–water partition coefficient (Wildman–Crippen LogP) is 3.57. The first kappa shape index (κ1) is 16.7. The number of aromatic amines is 1. The van der Waals surface area contributed by atoms with Crippen molar-refractivity contribution in [3.05, 3.63) is 74.8 Å². The Morgan fingerprint density at radius 2 is 1.96 bits per heavy atom. The molecule has 6 heteroatoms. The van der Waals surface area contributed by atoms with Gasteiger partial charge in [-0.2, -0.15) is 0 Å². The van der Waals surface area contributed by atoms with Crippen molar-refractivity contribution in [3.8, 4) is 0 Å². The number of hydrogen-bond donors (Lipinski definition) is 1. The zero-order valence-corrected chi connectivity index (χ0v) is 15.3. The third kappa shape index (κ3) is 2.76. The van der Waals surface area contributed by atoms with E-state index in [2.05, 4.69) is 17.1 Å². The fourth-order valence-corrected chi connectivity index (χ4v) is 3.83. The highest BCUT2D eigenvalue weighted by Crippen LogP contribution is 2.33. The average Bonchev–Trinajstić information content (AvgIpc) is 3.15. The molecule has 2 aromatic carbocycles. The highest BCUT2D eigenvalue weighted by atomic mass is 32.1. The van der Waals surface area contributed by atoms with E-state index in [0.29, 0.717) is 21.2 Å². The van der Waals surface area contributed by atoms with E-state index in [1.165, 1.54) is 4.57 Å². The van der Waals surface area contributed by atoms with E-state index in [1.54, 1.807) is 25.2 Å². The number of fused-ring (bicyclic) bond motifs is 1. The van der Waals surface area contributed by atoms with Gasteiger partial charge in [0.1, 0.15) is 0 Å². The fourth-order valence-electron chi connectivity index (χ4n) is 3.64. The molecule has 4 rings (SSSR count). The van der Waals surface area contributed by atoms with Gasteiger partial charge in [0, 0.05) is 19.2 Å². The largest absolute Gasteiger partial charge is 0.332 e. The summed E-state index contributed by atoms with van der Waals surface area (Å²) in [5.74, 6) is -0.0155. The lowest BCUT2D eigenvalue weighted by molar-refractivity contribution is 0.0736. The first-order valence-corrected chi connectivity index (χ1v) is 9.06. The van der Waals surface area contributed by atoms with Crippen LogP contribution in [0.1, 0.15) is 34.8 Å². The summed E-state index contributed by atoms with van der Waals surface area (Å²) in [4.78, 5) is 30.4. The molecule has 1 N–H and O–H groups in total. The fraction of sp³-hybridized carbons (Fsp3) is 0.250. The number of benzene rings is 2. The molecular formula is C20H19N3O2S. The maximum Gasteiger partial charge on any atom is 0.261 e. The molecule has 1 atom stereocenters. The highest BCUT2D eigenvalue weighted by molar-refractivity contribution is 7.71. The van der Waals surface area contributed by atoms with Gasteiger partial charge in [-0.15, -0.1) is 0 Å². The number of likely N-dealkylation sites (tertiary alicyclic amines) is 1. The lowest BCUT2D eigenvalue weighted by Gasteiger charge is -2.25. The first-order valence-electron chi connectivity index (χ1n) is 8.65. The van der Waals surface area contributed by atoms with Gasteiger partial charge in [-0.05, 0) is 48.8 Å². The zero-order valence-electron chi connectivity index (χ0n) is 14.4. The van der Waals surface area contributed by atoms with Crippen LogP contribution in [0.5, 0.6) is 0 Å². The number of rotatable bonds is 2. The quantitative estimate of drug-likeness (QED) is 0.706. The standard InChI is InChI=1S/C20H19N3O2S/c1-22-19(25)15-10-9-14(12-16(15)21-20(22)26)18(24)23-11-5-8-17(23)13-6-3-2-4-7-13/h2-4,6-7,9-10,12,17H,5,8,11H2,1H3,(H,21,26). The predicted molar refractivity (Wildman–Crippen MR) is 104 cm³/mol. The normalized spacial score (nSPS) is 17.0. The molecular weight excluding hydrogens is 346 g/mol. The van der Waals surface area contributed by atoms with Crippen molar-refractivity contribution < 1.29 is 4.79 Å². The SMILES string of the molecule is Cn1c(=S)[nH]c2cc(C(=O)N3CCCC3c3ccccc3)ccc2c1=O. The smallest absolute Gasteiger partial charge is 0.261 e. The van der Waals surface area contributed by atoms with Crippen molar-refractivity contribution >= 4 is 29.0 Å². The monoisotopic (exact) mass is 365 g/mol. The number of carbonyl (C=O) groups is 1. The topological polar surface area (TPSA) is 58.1 Å². The van der Waals surface area contributed by atoms with Gasteiger partial charge in [0.25, 0.3) is 11.5 Å². The third-order valence-electron chi connectivity index (χ3n) is 5.05. The second kappa shape index (κ2) is 6.53. The summed E-state index contributed by atoms with van der Waals surface area (Å²) < 4.78 is 1.74. The lowest BCUT2D eigenvalue weighted by atomic mass is 10.0. The van der Waals surface area contributed by atoms with Crippen molar-refractivity contribution in [1.29, 1.82) is 0 Å². The molecule has 1 saturated heterocycles. The number of amides is 1. The lowest BCUT2D eigenvalue weighted by Crippen LogP contribution is -2.30. The van der Waals surface area contributed by atoms with Crippen LogP contribution in [0.25, 0.3) is 10.9 Å². The summed E-state index contributed by atoms with van der Waals surface area (Å²) >= 11 is 5.18. The van der Waals surface area contributed by atoms with Crippen LogP contribution in [0.3, 0.4) is 0 Å². The zero-order chi connectivity index (χ0) is 18.3. The van der Waals surface area contributed by atoms with E-state index in [-0.39, 0.29) is 17.5 Å². The molecule has 1 aromatic heterocycles. The van der Waals surface area contributed by atoms with Crippen molar-refractivity contribution in [2.75, 3.05) is 6.54 Å². The Morgan fingerprint density at radius 1 is 1.19 bits per heavy atom. The van der Waals surface area contributed by atoms with Crippen LogP contribution in [0.4, 0.5) is 0 Å². The molecule has 1 fully saturated rings. The Morgan fingerprint density at radius 3 is 2.73 bits per heavy atom. The van der Waals surface area contributed by atoms with Gasteiger partial charge >= 0.3 is 0 Å². The number of carbonyl (C=O) groups excluding carboxylic acids is 1. The van der Waals surface area contributed by atoms with Crippen molar-refractivity contribution in [3.63, 3.8) is 0 Å². The van der Waals surface area contributed by atoms with Crippen LogP contribution in [0, 0.1) is 4.77 Å². The van der Waals surface area contributed by atoms with Crippen LogP contribution in [0.15, 0.2) is 53.3 Å². The molecule has 0 spiro atoms. The highest BCUT2D eigenvalue weighted by Gasteiger charge is 2.30. The molecule has 132 valence electrons. The van der Waals surface area contributed by atoms with Crippen molar-refractivity contribution in [2.45, 2.75) is 18.9 Å². The summed E-state index contributed by atoms with van der Waals surface area (Å²) in [5, 5.41) is 0.527. The summed E-state index contributed by atoms with van der Waals surface area (Å²) in [6.45, 7) is 0.739. The van der Waals surface area contributed by atoms with Crippen LogP contribution < -0.4 is 5.56 Å². The average molecular weight is 365 g/mol. The summed E-state index contributed by atoms with van der Waals surface area (Å²) in [7, 11) is 1.63. The molecule has 0 bridgehead atoms. The minimum Gasteiger partial charge on any atom is -0.332 e. The molecule has 1 aliphatic heterocycles. The molecule has 5 nitrogen and oxygen atoms in total. The van der Waals surface area contributed by atoms with Gasteiger partial charge in [-0.25, -0.2) is 0 Å². The Kier molecular flexibility index (Phi) is 4.20. The third-order valence-corrected chi connectivity index (χ3v) is 5.42.